The number of rotatable bonds is 7. The normalized spacial score (nSPS) is 15.4. The molecule has 0 aromatic heterocycles. The van der Waals surface area contributed by atoms with Crippen LogP contribution in [0.2, 0.25) is 0 Å². The summed E-state index contributed by atoms with van der Waals surface area (Å²) in [4.78, 5) is 12.0. The van der Waals surface area contributed by atoms with Crippen molar-refractivity contribution in [1.82, 2.24) is 5.32 Å². The van der Waals surface area contributed by atoms with E-state index in [0.717, 1.165) is 18.7 Å². The lowest BCUT2D eigenvalue weighted by Crippen LogP contribution is -2.39. The fourth-order valence-electron chi connectivity index (χ4n) is 1.78. The van der Waals surface area contributed by atoms with Crippen molar-refractivity contribution in [3.05, 3.63) is 0 Å². The Labute approximate surface area is 110 Å². The average Bonchev–Trinajstić information content (AvgIpc) is 2.21. The standard InChI is InChI=1S/C13H28N2OS/c1-10(9-17-5)8-15-12(16)11(7-14)6-13(2,3)4/h10-11H,6-9,14H2,1-5H3,(H,15,16). The topological polar surface area (TPSA) is 55.1 Å². The molecule has 0 bridgehead atoms. The summed E-state index contributed by atoms with van der Waals surface area (Å²) in [5.41, 5.74) is 5.83. The lowest BCUT2D eigenvalue weighted by atomic mass is 9.84. The van der Waals surface area contributed by atoms with E-state index in [0.29, 0.717) is 12.5 Å². The van der Waals surface area contributed by atoms with E-state index in [-0.39, 0.29) is 17.2 Å². The molecule has 0 radical (unpaired) electrons. The van der Waals surface area contributed by atoms with E-state index in [1.165, 1.54) is 0 Å². The van der Waals surface area contributed by atoms with Crippen LogP contribution in [0.4, 0.5) is 0 Å². The lowest BCUT2D eigenvalue weighted by Gasteiger charge is -2.24. The molecule has 0 aromatic rings. The van der Waals surface area contributed by atoms with Crippen LogP contribution in [0.5, 0.6) is 0 Å². The zero-order valence-electron chi connectivity index (χ0n) is 11.9. The van der Waals surface area contributed by atoms with Gasteiger partial charge in [-0.05, 0) is 29.8 Å². The number of nitrogens with two attached hydrogens (primary N) is 1. The highest BCUT2D eigenvalue weighted by molar-refractivity contribution is 7.98. The highest BCUT2D eigenvalue weighted by Crippen LogP contribution is 2.24. The first kappa shape index (κ1) is 16.8. The van der Waals surface area contributed by atoms with Crippen LogP contribution in [0.1, 0.15) is 34.1 Å². The van der Waals surface area contributed by atoms with Gasteiger partial charge < -0.3 is 11.1 Å². The van der Waals surface area contributed by atoms with Crippen LogP contribution in [0, 0.1) is 17.3 Å². The Bertz CT molecular complexity index is 226. The molecule has 0 heterocycles. The van der Waals surface area contributed by atoms with Gasteiger partial charge in [0.2, 0.25) is 5.91 Å². The fourth-order valence-corrected chi connectivity index (χ4v) is 2.47. The minimum Gasteiger partial charge on any atom is -0.356 e. The molecule has 3 N–H and O–H groups in total. The van der Waals surface area contributed by atoms with Gasteiger partial charge in [-0.25, -0.2) is 0 Å². The number of nitrogens with one attached hydrogen (secondary N) is 1. The third-order valence-electron chi connectivity index (χ3n) is 2.59. The van der Waals surface area contributed by atoms with Crippen LogP contribution >= 0.6 is 11.8 Å². The van der Waals surface area contributed by atoms with Gasteiger partial charge in [-0.2, -0.15) is 11.8 Å². The van der Waals surface area contributed by atoms with Crippen molar-refractivity contribution in [2.24, 2.45) is 23.0 Å². The second-order valence-electron chi connectivity index (χ2n) is 6.00. The third-order valence-corrected chi connectivity index (χ3v) is 3.49. The Hall–Kier alpha value is -0.220. The molecule has 0 saturated heterocycles. The van der Waals surface area contributed by atoms with Gasteiger partial charge in [0.15, 0.2) is 0 Å². The van der Waals surface area contributed by atoms with E-state index >= 15 is 0 Å². The van der Waals surface area contributed by atoms with Crippen LogP contribution < -0.4 is 11.1 Å². The van der Waals surface area contributed by atoms with Gasteiger partial charge in [0.25, 0.3) is 0 Å². The van der Waals surface area contributed by atoms with Gasteiger partial charge in [-0.1, -0.05) is 27.7 Å². The van der Waals surface area contributed by atoms with Crippen molar-refractivity contribution < 1.29 is 4.79 Å². The van der Waals surface area contributed by atoms with E-state index in [1.54, 1.807) is 0 Å². The molecule has 0 rings (SSSR count). The maximum atomic E-state index is 12.0. The summed E-state index contributed by atoms with van der Waals surface area (Å²) in [6.45, 7) is 9.75. The highest BCUT2D eigenvalue weighted by Gasteiger charge is 2.23. The van der Waals surface area contributed by atoms with Gasteiger partial charge in [0.1, 0.15) is 0 Å². The van der Waals surface area contributed by atoms with Gasteiger partial charge in [-0.15, -0.1) is 0 Å². The molecule has 4 heteroatoms. The Morgan fingerprint density at radius 1 is 1.41 bits per heavy atom. The molecule has 1 amide bonds. The van der Waals surface area contributed by atoms with Gasteiger partial charge >= 0.3 is 0 Å². The van der Waals surface area contributed by atoms with E-state index in [4.69, 9.17) is 5.73 Å². The van der Waals surface area contributed by atoms with E-state index in [1.807, 2.05) is 11.8 Å². The number of thioether (sulfide) groups is 1. The van der Waals surface area contributed by atoms with Crippen LogP contribution in [0.25, 0.3) is 0 Å². The molecule has 0 aliphatic heterocycles. The maximum absolute atomic E-state index is 12.0. The van der Waals surface area contributed by atoms with Gasteiger partial charge in [-0.3, -0.25) is 4.79 Å². The van der Waals surface area contributed by atoms with Gasteiger partial charge in [0, 0.05) is 13.1 Å². The van der Waals surface area contributed by atoms with Crippen LogP contribution in [-0.4, -0.2) is 31.0 Å². The van der Waals surface area contributed by atoms with Crippen molar-refractivity contribution in [2.45, 2.75) is 34.1 Å². The molecule has 102 valence electrons. The number of carbonyl (C=O) groups is 1. The molecular weight excluding hydrogens is 232 g/mol. The Morgan fingerprint density at radius 2 is 2.00 bits per heavy atom. The summed E-state index contributed by atoms with van der Waals surface area (Å²) in [5.74, 6) is 1.64. The van der Waals surface area contributed by atoms with E-state index < -0.39 is 0 Å². The van der Waals surface area contributed by atoms with Crippen LogP contribution in [0.15, 0.2) is 0 Å². The molecule has 3 nitrogen and oxygen atoms in total. The second kappa shape index (κ2) is 7.98. The second-order valence-corrected chi connectivity index (χ2v) is 6.91. The fraction of sp³-hybridized carbons (Fsp3) is 0.923. The minimum atomic E-state index is -0.0588. The molecule has 0 spiro atoms. The minimum absolute atomic E-state index is 0.0588. The first-order valence-corrected chi connectivity index (χ1v) is 7.66. The average molecular weight is 260 g/mol. The zero-order chi connectivity index (χ0) is 13.5. The third kappa shape index (κ3) is 8.50. The number of carbonyl (C=O) groups excluding carboxylic acids is 1. The van der Waals surface area contributed by atoms with Crippen molar-refractivity contribution in [3.8, 4) is 0 Å². The largest absolute Gasteiger partial charge is 0.356 e. The van der Waals surface area contributed by atoms with Crippen molar-refractivity contribution in [1.29, 1.82) is 0 Å². The predicted molar refractivity (Wildman–Crippen MR) is 77.2 cm³/mol. The summed E-state index contributed by atoms with van der Waals surface area (Å²) in [6.07, 6.45) is 2.92. The Kier molecular flexibility index (Phi) is 7.88. The van der Waals surface area contributed by atoms with Crippen LogP contribution in [0.3, 0.4) is 0 Å². The van der Waals surface area contributed by atoms with E-state index in [9.17, 15) is 4.79 Å². The molecule has 2 unspecified atom stereocenters. The van der Waals surface area contributed by atoms with Crippen molar-refractivity contribution in [2.75, 3.05) is 25.1 Å². The first-order valence-electron chi connectivity index (χ1n) is 6.27. The monoisotopic (exact) mass is 260 g/mol. The highest BCUT2D eigenvalue weighted by atomic mass is 32.2. The molecule has 0 saturated carbocycles. The maximum Gasteiger partial charge on any atom is 0.224 e. The summed E-state index contributed by atoms with van der Waals surface area (Å²) >= 11 is 1.81. The van der Waals surface area contributed by atoms with Crippen molar-refractivity contribution >= 4 is 17.7 Å². The van der Waals surface area contributed by atoms with Crippen molar-refractivity contribution in [3.63, 3.8) is 0 Å². The SMILES string of the molecule is CSCC(C)CNC(=O)C(CN)CC(C)(C)C. The predicted octanol–water partition coefficient (Wildman–Crippen LogP) is 2.11. The summed E-state index contributed by atoms with van der Waals surface area (Å²) < 4.78 is 0. The van der Waals surface area contributed by atoms with Gasteiger partial charge in [0.05, 0.1) is 5.92 Å². The zero-order valence-corrected chi connectivity index (χ0v) is 12.7. The number of hydrogen-bond donors (Lipinski definition) is 2. The first-order chi connectivity index (χ1) is 7.80. The molecule has 0 aromatic carbocycles. The Balaban J connectivity index is 4.09. The molecular formula is C13H28N2OS. The molecule has 0 aliphatic carbocycles. The van der Waals surface area contributed by atoms with Crippen LogP contribution in [-0.2, 0) is 4.79 Å². The molecule has 2 atom stereocenters. The van der Waals surface area contributed by atoms with E-state index in [2.05, 4.69) is 39.3 Å². The summed E-state index contributed by atoms with van der Waals surface area (Å²) in [6, 6.07) is 0. The molecule has 0 fully saturated rings. The lowest BCUT2D eigenvalue weighted by molar-refractivity contribution is -0.125. The Morgan fingerprint density at radius 3 is 2.41 bits per heavy atom. The number of hydrogen-bond acceptors (Lipinski definition) is 3. The smallest absolute Gasteiger partial charge is 0.224 e. The number of amides is 1. The molecule has 0 aliphatic rings. The quantitative estimate of drug-likeness (QED) is 0.737. The summed E-state index contributed by atoms with van der Waals surface area (Å²) in [7, 11) is 0. The summed E-state index contributed by atoms with van der Waals surface area (Å²) in [5, 5.41) is 3.01. The molecule has 17 heavy (non-hydrogen) atoms.